The van der Waals surface area contributed by atoms with Crippen LogP contribution in [0.5, 0.6) is 0 Å². The Labute approximate surface area is 165 Å². The van der Waals surface area contributed by atoms with Gasteiger partial charge in [-0.25, -0.2) is 4.98 Å². The predicted molar refractivity (Wildman–Crippen MR) is 108 cm³/mol. The van der Waals surface area contributed by atoms with Gasteiger partial charge >= 0.3 is 0 Å². The van der Waals surface area contributed by atoms with Gasteiger partial charge in [0.05, 0.1) is 18.6 Å². The molecule has 1 amide bonds. The molecule has 0 saturated carbocycles. The normalized spacial score (nSPS) is 17.1. The number of aryl methyl sites for hydroxylation is 2. The van der Waals surface area contributed by atoms with Crippen molar-refractivity contribution in [3.05, 3.63) is 71.6 Å². The number of likely N-dealkylation sites (tertiary alicyclic amines) is 1. The zero-order valence-corrected chi connectivity index (χ0v) is 16.6. The Morgan fingerprint density at radius 3 is 2.71 bits per heavy atom. The van der Waals surface area contributed by atoms with Crippen molar-refractivity contribution < 1.29 is 4.79 Å². The first-order valence-corrected chi connectivity index (χ1v) is 9.93. The summed E-state index contributed by atoms with van der Waals surface area (Å²) >= 11 is 0. The summed E-state index contributed by atoms with van der Waals surface area (Å²) in [7, 11) is 0. The van der Waals surface area contributed by atoms with Gasteiger partial charge in [-0.15, -0.1) is 0 Å². The topological polar surface area (TPSA) is 56.0 Å². The molecule has 6 nitrogen and oxygen atoms in total. The average Bonchev–Trinajstić information content (AvgIpc) is 3.31. The molecule has 0 bridgehead atoms. The number of imidazole rings is 1. The number of rotatable bonds is 5. The second-order valence-electron chi connectivity index (χ2n) is 7.80. The number of benzene rings is 1. The maximum atomic E-state index is 13.0. The van der Waals surface area contributed by atoms with E-state index in [9.17, 15) is 4.79 Å². The summed E-state index contributed by atoms with van der Waals surface area (Å²) in [4.78, 5) is 19.1. The van der Waals surface area contributed by atoms with Crippen LogP contribution in [0.1, 0.15) is 40.2 Å². The van der Waals surface area contributed by atoms with Gasteiger partial charge in [-0.3, -0.25) is 9.48 Å². The maximum Gasteiger partial charge on any atom is 0.253 e. The number of piperidine rings is 1. The SMILES string of the molecule is Cc1cc(C)n(Cc2ccc(C(=O)N3CCC[C@@H](Cn4ccnc4)C3)cc2)n1. The zero-order valence-electron chi connectivity index (χ0n) is 16.6. The monoisotopic (exact) mass is 377 g/mol. The van der Waals surface area contributed by atoms with E-state index in [1.54, 1.807) is 6.20 Å². The molecule has 1 saturated heterocycles. The third-order valence-electron chi connectivity index (χ3n) is 5.47. The van der Waals surface area contributed by atoms with E-state index in [0.29, 0.717) is 5.92 Å². The highest BCUT2D eigenvalue weighted by atomic mass is 16.2. The highest BCUT2D eigenvalue weighted by molar-refractivity contribution is 5.94. The van der Waals surface area contributed by atoms with Crippen LogP contribution in [-0.2, 0) is 13.1 Å². The molecule has 0 aliphatic carbocycles. The highest BCUT2D eigenvalue weighted by Gasteiger charge is 2.24. The van der Waals surface area contributed by atoms with Crippen molar-refractivity contribution in [2.75, 3.05) is 13.1 Å². The van der Waals surface area contributed by atoms with Gasteiger partial charge < -0.3 is 9.47 Å². The van der Waals surface area contributed by atoms with Crippen molar-refractivity contribution in [1.29, 1.82) is 0 Å². The van der Waals surface area contributed by atoms with Gasteiger partial charge in [-0.05, 0) is 56.4 Å². The van der Waals surface area contributed by atoms with Crippen molar-refractivity contribution in [1.82, 2.24) is 24.2 Å². The molecule has 28 heavy (non-hydrogen) atoms. The first-order chi connectivity index (χ1) is 13.6. The summed E-state index contributed by atoms with van der Waals surface area (Å²) in [6.07, 6.45) is 7.86. The van der Waals surface area contributed by atoms with Crippen LogP contribution in [0.4, 0.5) is 0 Å². The van der Waals surface area contributed by atoms with Crippen molar-refractivity contribution >= 4 is 5.91 Å². The van der Waals surface area contributed by atoms with E-state index < -0.39 is 0 Å². The molecule has 1 fully saturated rings. The second-order valence-corrected chi connectivity index (χ2v) is 7.80. The van der Waals surface area contributed by atoms with E-state index in [2.05, 4.69) is 27.6 Å². The summed E-state index contributed by atoms with van der Waals surface area (Å²) in [5.41, 5.74) is 4.09. The molecular formula is C22H27N5O. The van der Waals surface area contributed by atoms with Crippen molar-refractivity contribution in [3.8, 4) is 0 Å². The summed E-state index contributed by atoms with van der Waals surface area (Å²) in [6.45, 7) is 7.37. The summed E-state index contributed by atoms with van der Waals surface area (Å²) in [6, 6.07) is 10.0. The first-order valence-electron chi connectivity index (χ1n) is 9.93. The molecule has 3 aromatic rings. The molecule has 4 rings (SSSR count). The summed E-state index contributed by atoms with van der Waals surface area (Å²) < 4.78 is 4.10. The Balaban J connectivity index is 1.39. The number of carbonyl (C=O) groups is 1. The molecule has 1 aliphatic rings. The molecule has 1 atom stereocenters. The molecule has 6 heteroatoms. The standard InChI is InChI=1S/C22H27N5O/c1-17-12-18(2)27(24-17)15-19-5-7-21(8-6-19)22(28)26-10-3-4-20(14-26)13-25-11-9-23-16-25/h5-9,11-12,16,20H,3-4,10,13-15H2,1-2H3/t20-/m0/s1. The maximum absolute atomic E-state index is 13.0. The molecular weight excluding hydrogens is 350 g/mol. The molecule has 0 unspecified atom stereocenters. The van der Waals surface area contributed by atoms with Crippen molar-refractivity contribution in [2.45, 2.75) is 39.8 Å². The largest absolute Gasteiger partial charge is 0.338 e. The quantitative estimate of drug-likeness (QED) is 0.686. The minimum Gasteiger partial charge on any atom is -0.338 e. The van der Waals surface area contributed by atoms with E-state index in [1.807, 2.05) is 53.3 Å². The van der Waals surface area contributed by atoms with Gasteiger partial charge in [0.2, 0.25) is 0 Å². The van der Waals surface area contributed by atoms with Gasteiger partial charge in [-0.2, -0.15) is 5.10 Å². The molecule has 146 valence electrons. The Morgan fingerprint density at radius 2 is 2.04 bits per heavy atom. The third kappa shape index (κ3) is 4.16. The number of amides is 1. The zero-order chi connectivity index (χ0) is 19.5. The van der Waals surface area contributed by atoms with Crippen LogP contribution in [0.25, 0.3) is 0 Å². The van der Waals surface area contributed by atoms with Gasteiger partial charge in [0, 0.05) is 43.3 Å². The number of carbonyl (C=O) groups excluding carboxylic acids is 1. The van der Waals surface area contributed by atoms with Crippen LogP contribution in [-0.4, -0.2) is 43.2 Å². The van der Waals surface area contributed by atoms with E-state index in [-0.39, 0.29) is 5.91 Å². The van der Waals surface area contributed by atoms with E-state index in [0.717, 1.165) is 61.5 Å². The minimum atomic E-state index is 0.132. The number of hydrogen-bond donors (Lipinski definition) is 0. The van der Waals surface area contributed by atoms with Crippen LogP contribution in [0.3, 0.4) is 0 Å². The number of hydrogen-bond acceptors (Lipinski definition) is 3. The Kier molecular flexibility index (Phi) is 5.28. The fraction of sp³-hybridized carbons (Fsp3) is 0.409. The molecule has 2 aromatic heterocycles. The average molecular weight is 377 g/mol. The number of nitrogens with zero attached hydrogens (tertiary/aromatic N) is 5. The lowest BCUT2D eigenvalue weighted by molar-refractivity contribution is 0.0662. The molecule has 0 spiro atoms. The van der Waals surface area contributed by atoms with Crippen LogP contribution < -0.4 is 0 Å². The van der Waals surface area contributed by atoms with Gasteiger partial charge in [0.1, 0.15) is 0 Å². The summed E-state index contributed by atoms with van der Waals surface area (Å²) in [5, 5.41) is 4.51. The molecule has 3 heterocycles. The lowest BCUT2D eigenvalue weighted by Gasteiger charge is -2.33. The number of aromatic nitrogens is 4. The Hall–Kier alpha value is -2.89. The first kappa shape index (κ1) is 18.5. The van der Waals surface area contributed by atoms with Crippen molar-refractivity contribution in [3.63, 3.8) is 0 Å². The molecule has 0 N–H and O–H groups in total. The molecule has 1 aromatic carbocycles. The van der Waals surface area contributed by atoms with Crippen LogP contribution in [0.2, 0.25) is 0 Å². The molecule has 0 radical (unpaired) electrons. The minimum absolute atomic E-state index is 0.132. The predicted octanol–water partition coefficient (Wildman–Crippen LogP) is 3.30. The summed E-state index contributed by atoms with van der Waals surface area (Å²) in [5.74, 6) is 0.616. The van der Waals surface area contributed by atoms with E-state index in [1.165, 1.54) is 0 Å². The highest BCUT2D eigenvalue weighted by Crippen LogP contribution is 2.20. The van der Waals surface area contributed by atoms with Gasteiger partial charge in [0.25, 0.3) is 5.91 Å². The van der Waals surface area contributed by atoms with Crippen LogP contribution in [0, 0.1) is 19.8 Å². The van der Waals surface area contributed by atoms with Gasteiger partial charge in [-0.1, -0.05) is 12.1 Å². The lowest BCUT2D eigenvalue weighted by Crippen LogP contribution is -2.41. The van der Waals surface area contributed by atoms with Crippen LogP contribution in [0.15, 0.2) is 49.1 Å². The van der Waals surface area contributed by atoms with E-state index >= 15 is 0 Å². The Bertz CT molecular complexity index is 927. The lowest BCUT2D eigenvalue weighted by atomic mass is 9.97. The Morgan fingerprint density at radius 1 is 1.21 bits per heavy atom. The third-order valence-corrected chi connectivity index (χ3v) is 5.47. The van der Waals surface area contributed by atoms with Crippen molar-refractivity contribution in [2.24, 2.45) is 5.92 Å². The second kappa shape index (κ2) is 8.00. The fourth-order valence-corrected chi connectivity index (χ4v) is 4.03. The van der Waals surface area contributed by atoms with Crippen LogP contribution >= 0.6 is 0 Å². The molecule has 1 aliphatic heterocycles. The smallest absolute Gasteiger partial charge is 0.253 e. The van der Waals surface area contributed by atoms with E-state index in [4.69, 9.17) is 0 Å². The fourth-order valence-electron chi connectivity index (χ4n) is 4.03. The van der Waals surface area contributed by atoms with Gasteiger partial charge in [0.15, 0.2) is 0 Å².